The highest BCUT2D eigenvalue weighted by Crippen LogP contribution is 2.19. The van der Waals surface area contributed by atoms with Crippen LogP contribution in [0.15, 0.2) is 17.1 Å². The van der Waals surface area contributed by atoms with Gasteiger partial charge in [0, 0.05) is 24.9 Å². The molecule has 0 amide bonds. The Labute approximate surface area is 119 Å². The molecule has 0 aliphatic rings. The summed E-state index contributed by atoms with van der Waals surface area (Å²) in [6.45, 7) is 3.56. The molecule has 3 rings (SSSR count). The van der Waals surface area contributed by atoms with Crippen molar-refractivity contribution < 1.29 is 0 Å². The number of nitrogens with zero attached hydrogens (tertiary/aromatic N) is 4. The van der Waals surface area contributed by atoms with E-state index in [0.717, 1.165) is 42.1 Å². The first kappa shape index (κ1) is 12.8. The number of hydrogen-bond acceptors (Lipinski definition) is 7. The minimum Gasteiger partial charge on any atom is -0.369 e. The largest absolute Gasteiger partial charge is 0.369 e. The van der Waals surface area contributed by atoms with E-state index in [9.17, 15) is 0 Å². The maximum absolute atomic E-state index is 4.47. The second-order valence-corrected chi connectivity index (χ2v) is 4.93. The summed E-state index contributed by atoms with van der Waals surface area (Å²) in [5, 5.41) is 16.3. The molecule has 3 aromatic rings. The number of hydrogen-bond donors (Lipinski definition) is 3. The Kier molecular flexibility index (Phi) is 3.73. The quantitative estimate of drug-likeness (QED) is 0.642. The fraction of sp³-hybridized carbons (Fsp3) is 0.333. The molecular weight excluding hydrogens is 274 g/mol. The molecule has 3 N–H and O–H groups in total. The number of rotatable bonds is 6. The third kappa shape index (κ3) is 2.69. The number of fused-ring (bicyclic) bond motifs is 1. The van der Waals surface area contributed by atoms with E-state index in [-0.39, 0.29) is 0 Å². The molecule has 3 aromatic heterocycles. The van der Waals surface area contributed by atoms with E-state index in [0.29, 0.717) is 5.95 Å². The highest BCUT2D eigenvalue weighted by atomic mass is 32.1. The number of anilines is 2. The molecule has 7 nitrogen and oxygen atoms in total. The molecule has 20 heavy (non-hydrogen) atoms. The van der Waals surface area contributed by atoms with Crippen LogP contribution in [-0.4, -0.2) is 38.2 Å². The molecule has 0 aromatic carbocycles. The molecule has 0 radical (unpaired) electrons. The summed E-state index contributed by atoms with van der Waals surface area (Å²) in [6, 6.07) is 0. The van der Waals surface area contributed by atoms with Gasteiger partial charge in [0.2, 0.25) is 5.95 Å². The molecule has 0 spiro atoms. The van der Waals surface area contributed by atoms with E-state index in [1.807, 2.05) is 12.4 Å². The van der Waals surface area contributed by atoms with Crippen molar-refractivity contribution >= 4 is 34.1 Å². The Morgan fingerprint density at radius 3 is 3.05 bits per heavy atom. The molecule has 0 fully saturated rings. The summed E-state index contributed by atoms with van der Waals surface area (Å²) in [5.74, 6) is 1.38. The average molecular weight is 289 g/mol. The van der Waals surface area contributed by atoms with E-state index in [4.69, 9.17) is 0 Å². The molecule has 3 heterocycles. The van der Waals surface area contributed by atoms with Gasteiger partial charge in [-0.3, -0.25) is 5.10 Å². The summed E-state index contributed by atoms with van der Waals surface area (Å²) in [4.78, 5) is 13.1. The van der Waals surface area contributed by atoms with Gasteiger partial charge in [0.25, 0.3) is 0 Å². The van der Waals surface area contributed by atoms with Crippen LogP contribution in [-0.2, 0) is 6.42 Å². The van der Waals surface area contributed by atoms with Gasteiger partial charge in [-0.2, -0.15) is 15.1 Å². The first-order valence-electron chi connectivity index (χ1n) is 6.42. The van der Waals surface area contributed by atoms with Crippen LogP contribution in [0.5, 0.6) is 0 Å². The van der Waals surface area contributed by atoms with Gasteiger partial charge in [-0.1, -0.05) is 0 Å². The van der Waals surface area contributed by atoms with Crippen molar-refractivity contribution in [2.45, 2.75) is 13.3 Å². The van der Waals surface area contributed by atoms with E-state index >= 15 is 0 Å². The SMILES string of the molecule is CCNc1nc(NCCc2cscn2)c2cn[nH]c2n1. The van der Waals surface area contributed by atoms with Crippen LogP contribution in [0.1, 0.15) is 12.6 Å². The predicted octanol–water partition coefficient (Wildman–Crippen LogP) is 1.90. The number of aromatic amines is 1. The number of thiazole rings is 1. The van der Waals surface area contributed by atoms with Gasteiger partial charge in [0.1, 0.15) is 5.82 Å². The van der Waals surface area contributed by atoms with Crippen molar-refractivity contribution in [2.24, 2.45) is 0 Å². The Hall–Kier alpha value is -2.22. The summed E-state index contributed by atoms with van der Waals surface area (Å²) < 4.78 is 0. The molecule has 0 aliphatic heterocycles. The summed E-state index contributed by atoms with van der Waals surface area (Å²) >= 11 is 1.61. The highest BCUT2D eigenvalue weighted by molar-refractivity contribution is 7.07. The summed E-state index contributed by atoms with van der Waals surface area (Å²) in [7, 11) is 0. The van der Waals surface area contributed by atoms with E-state index in [1.54, 1.807) is 17.5 Å². The van der Waals surface area contributed by atoms with Gasteiger partial charge < -0.3 is 10.6 Å². The predicted molar refractivity (Wildman–Crippen MR) is 80.2 cm³/mol. The zero-order valence-corrected chi connectivity index (χ0v) is 11.9. The maximum Gasteiger partial charge on any atom is 0.226 e. The number of H-pyrrole nitrogens is 1. The van der Waals surface area contributed by atoms with Crippen LogP contribution in [0.2, 0.25) is 0 Å². The van der Waals surface area contributed by atoms with E-state index in [1.165, 1.54) is 0 Å². The lowest BCUT2D eigenvalue weighted by Gasteiger charge is -2.08. The zero-order valence-electron chi connectivity index (χ0n) is 11.1. The second-order valence-electron chi connectivity index (χ2n) is 4.21. The molecule has 0 unspecified atom stereocenters. The topological polar surface area (TPSA) is 91.4 Å². The fourth-order valence-electron chi connectivity index (χ4n) is 1.88. The van der Waals surface area contributed by atoms with Crippen molar-refractivity contribution in [2.75, 3.05) is 23.7 Å². The van der Waals surface area contributed by atoms with Gasteiger partial charge >= 0.3 is 0 Å². The third-order valence-corrected chi connectivity index (χ3v) is 3.44. The van der Waals surface area contributed by atoms with Crippen LogP contribution in [0.4, 0.5) is 11.8 Å². The van der Waals surface area contributed by atoms with Crippen molar-refractivity contribution in [3.05, 3.63) is 22.8 Å². The molecule has 0 bridgehead atoms. The Bertz CT molecular complexity index is 676. The van der Waals surface area contributed by atoms with Crippen LogP contribution >= 0.6 is 11.3 Å². The molecule has 8 heteroatoms. The average Bonchev–Trinajstić information content (AvgIpc) is 3.09. The number of aromatic nitrogens is 5. The van der Waals surface area contributed by atoms with Crippen molar-refractivity contribution in [1.82, 2.24) is 25.1 Å². The zero-order chi connectivity index (χ0) is 13.8. The van der Waals surface area contributed by atoms with Gasteiger partial charge in [-0.05, 0) is 6.92 Å². The van der Waals surface area contributed by atoms with Crippen molar-refractivity contribution in [1.29, 1.82) is 0 Å². The lowest BCUT2D eigenvalue weighted by Crippen LogP contribution is -2.09. The Morgan fingerprint density at radius 2 is 2.25 bits per heavy atom. The van der Waals surface area contributed by atoms with Crippen LogP contribution in [0.3, 0.4) is 0 Å². The van der Waals surface area contributed by atoms with Crippen LogP contribution in [0, 0.1) is 0 Å². The molecule has 0 aliphatic carbocycles. The van der Waals surface area contributed by atoms with E-state index in [2.05, 4.69) is 41.2 Å². The molecule has 104 valence electrons. The number of nitrogens with one attached hydrogen (secondary N) is 3. The Balaban J connectivity index is 1.76. The molecule has 0 saturated carbocycles. The van der Waals surface area contributed by atoms with Crippen LogP contribution in [0.25, 0.3) is 11.0 Å². The highest BCUT2D eigenvalue weighted by Gasteiger charge is 2.08. The summed E-state index contributed by atoms with van der Waals surface area (Å²) in [5.41, 5.74) is 3.66. The van der Waals surface area contributed by atoms with Gasteiger partial charge in [0.15, 0.2) is 5.65 Å². The molecular formula is C12H15N7S. The first-order chi connectivity index (χ1) is 9.86. The second kappa shape index (κ2) is 5.83. The lowest BCUT2D eigenvalue weighted by atomic mass is 10.3. The first-order valence-corrected chi connectivity index (χ1v) is 7.37. The van der Waals surface area contributed by atoms with Crippen molar-refractivity contribution in [3.8, 4) is 0 Å². The minimum atomic E-state index is 0.598. The maximum atomic E-state index is 4.47. The monoisotopic (exact) mass is 289 g/mol. The third-order valence-electron chi connectivity index (χ3n) is 2.80. The standard InChI is InChI=1S/C12H15N7S/c1-2-13-12-17-10(9-5-16-19-11(9)18-12)14-4-3-8-6-20-7-15-8/h5-7H,2-4H2,1H3,(H3,13,14,16,17,18,19). The normalized spacial score (nSPS) is 10.8. The smallest absolute Gasteiger partial charge is 0.226 e. The lowest BCUT2D eigenvalue weighted by molar-refractivity contribution is 0.967. The summed E-state index contributed by atoms with van der Waals surface area (Å²) in [6.07, 6.45) is 2.60. The Morgan fingerprint density at radius 1 is 1.30 bits per heavy atom. The van der Waals surface area contributed by atoms with Crippen molar-refractivity contribution in [3.63, 3.8) is 0 Å². The molecule has 0 atom stereocenters. The molecule has 0 saturated heterocycles. The van der Waals surface area contributed by atoms with Gasteiger partial charge in [0.05, 0.1) is 22.8 Å². The minimum absolute atomic E-state index is 0.598. The van der Waals surface area contributed by atoms with Gasteiger partial charge in [-0.15, -0.1) is 11.3 Å². The van der Waals surface area contributed by atoms with Gasteiger partial charge in [-0.25, -0.2) is 4.98 Å². The van der Waals surface area contributed by atoms with Crippen LogP contribution < -0.4 is 10.6 Å². The fourth-order valence-corrected chi connectivity index (χ4v) is 2.47. The van der Waals surface area contributed by atoms with E-state index < -0.39 is 0 Å².